The topological polar surface area (TPSA) is 43.1 Å². The van der Waals surface area contributed by atoms with Crippen LogP contribution in [0.3, 0.4) is 0 Å². The van der Waals surface area contributed by atoms with Crippen molar-refractivity contribution in [2.24, 2.45) is 0 Å². The number of nitrogens with zero attached hydrogens (tertiary/aromatic N) is 4. The molecule has 0 fully saturated rings. The van der Waals surface area contributed by atoms with E-state index in [0.29, 0.717) is 40.1 Å². The fourth-order valence-electron chi connectivity index (χ4n) is 9.61. The van der Waals surface area contributed by atoms with Crippen LogP contribution in [0.2, 0.25) is 17.3 Å². The van der Waals surface area contributed by atoms with Gasteiger partial charge >= 0.3 is 170 Å². The van der Waals surface area contributed by atoms with E-state index in [9.17, 15) is 4.39 Å². The summed E-state index contributed by atoms with van der Waals surface area (Å²) in [4.78, 5) is 13.3. The summed E-state index contributed by atoms with van der Waals surface area (Å²) in [6, 6.07) is 49.3. The van der Waals surface area contributed by atoms with Crippen LogP contribution in [-0.2, 0) is 20.1 Å². The maximum Gasteiger partial charge on any atom is 3.00 e. The third-order valence-corrected chi connectivity index (χ3v) is 18.4. The van der Waals surface area contributed by atoms with Crippen LogP contribution in [0.4, 0.5) is 21.5 Å². The average Bonchev–Trinajstić information content (AvgIpc) is 3.91. The zero-order valence-electron chi connectivity index (χ0n) is 43.3. The van der Waals surface area contributed by atoms with Crippen LogP contribution < -0.4 is 9.30 Å². The van der Waals surface area contributed by atoms with E-state index in [2.05, 4.69) is 160 Å². The van der Waals surface area contributed by atoms with Gasteiger partial charge in [0.2, 0.25) is 0 Å². The van der Waals surface area contributed by atoms with Crippen LogP contribution in [0.5, 0.6) is 0 Å². The molecule has 0 spiro atoms. The summed E-state index contributed by atoms with van der Waals surface area (Å²) in [6.45, 7) is 11.6. The van der Waals surface area contributed by atoms with Crippen molar-refractivity contribution in [2.75, 3.05) is 4.90 Å². The molecule has 1 atom stereocenters. The summed E-state index contributed by atoms with van der Waals surface area (Å²) in [5.41, 5.74) is 11.1. The first-order chi connectivity index (χ1) is 33.5. The molecule has 10 rings (SSSR count). The molecule has 4 heterocycles. The fourth-order valence-corrected chi connectivity index (χ4v) is 13.4. The van der Waals surface area contributed by atoms with E-state index < -0.39 is 20.1 Å². The molecule has 0 radical (unpaired) electrons. The number of thiophene rings is 1. The zero-order chi connectivity index (χ0) is 49.6. The first-order valence-electron chi connectivity index (χ1n) is 25.1. The fraction of sp³-hybridized carbons (Fsp3) is 0.267. The summed E-state index contributed by atoms with van der Waals surface area (Å²) < 4.78 is 40.2. The molecule has 0 N–H and O–H groups in total. The molecule has 8 heteroatoms. The van der Waals surface area contributed by atoms with Gasteiger partial charge in [-0.05, 0) is 76.3 Å². The summed E-state index contributed by atoms with van der Waals surface area (Å²) in [6.07, 6.45) is 3.71. The van der Waals surface area contributed by atoms with Crippen molar-refractivity contribution in [1.29, 1.82) is 0 Å². The van der Waals surface area contributed by atoms with E-state index in [1.54, 1.807) is 29.7 Å². The van der Waals surface area contributed by atoms with Crippen molar-refractivity contribution in [3.05, 3.63) is 185 Å². The molecule has 1 aliphatic heterocycles. The van der Waals surface area contributed by atoms with Gasteiger partial charge in [-0.3, -0.25) is 0 Å². The van der Waals surface area contributed by atoms with Gasteiger partial charge in [0, 0.05) is 23.0 Å². The largest absolute Gasteiger partial charge is 3.00 e. The number of hydrogen-bond acceptors (Lipinski definition) is 4. The number of para-hydroxylation sites is 2. The van der Waals surface area contributed by atoms with Gasteiger partial charge in [0.15, 0.2) is 0 Å². The third-order valence-electron chi connectivity index (χ3n) is 13.1. The van der Waals surface area contributed by atoms with E-state index in [1.165, 1.54) is 54.8 Å². The van der Waals surface area contributed by atoms with Crippen molar-refractivity contribution in [1.82, 2.24) is 9.97 Å². The number of rotatable bonds is 10. The molecule has 0 bridgehead atoms. The van der Waals surface area contributed by atoms with Gasteiger partial charge in [0.25, 0.3) is 0 Å². The quantitative estimate of drug-likeness (QED) is 0.101. The van der Waals surface area contributed by atoms with Gasteiger partial charge in [-0.25, -0.2) is 4.98 Å². The van der Waals surface area contributed by atoms with Crippen molar-refractivity contribution in [2.45, 2.75) is 102 Å². The molecule has 6 aromatic carbocycles. The molecular formula is C60H60FGeIrN4S. The van der Waals surface area contributed by atoms with Gasteiger partial charge in [0.05, 0.1) is 0 Å². The molecule has 0 aliphatic carbocycles. The van der Waals surface area contributed by atoms with Crippen LogP contribution in [0, 0.1) is 24.8 Å². The summed E-state index contributed by atoms with van der Waals surface area (Å²) in [5, 5.41) is 10.5. The Balaban J connectivity index is 0.000000209. The Morgan fingerprint density at radius 2 is 1.54 bits per heavy atom. The van der Waals surface area contributed by atoms with Crippen LogP contribution in [0.15, 0.2) is 134 Å². The molecular weight excluding hydrogens is 1090 g/mol. The van der Waals surface area contributed by atoms with Crippen LogP contribution in [0.25, 0.3) is 58.8 Å². The Hall–Kier alpha value is -5.18. The smallest absolute Gasteiger partial charge is 3.00 e. The Kier molecular flexibility index (Phi) is 13.6. The second-order valence-electron chi connectivity index (χ2n) is 19.3. The first-order valence-corrected chi connectivity index (χ1v) is 31.8. The van der Waals surface area contributed by atoms with E-state index in [-0.39, 0.29) is 32.1 Å². The Morgan fingerprint density at radius 3 is 2.26 bits per heavy atom. The van der Waals surface area contributed by atoms with Crippen molar-refractivity contribution in [3.63, 3.8) is 0 Å². The summed E-state index contributed by atoms with van der Waals surface area (Å²) in [5.74, 6) is 7.26. The Morgan fingerprint density at radius 1 is 0.809 bits per heavy atom. The Bertz CT molecular complexity index is 3360. The van der Waals surface area contributed by atoms with Crippen LogP contribution >= 0.6 is 11.3 Å². The predicted octanol–water partition coefficient (Wildman–Crippen LogP) is 17.6. The third kappa shape index (κ3) is 9.57. The number of benzene rings is 6. The van der Waals surface area contributed by atoms with Gasteiger partial charge in [-0.1, -0.05) is 94.8 Å². The molecule has 68 heavy (non-hydrogen) atoms. The minimum absolute atomic E-state index is 0. The Labute approximate surface area is 427 Å². The second kappa shape index (κ2) is 20.4. The van der Waals surface area contributed by atoms with E-state index in [0.717, 1.165) is 44.6 Å². The SMILES string of the molecule is CCC(CC)c1ccc2c(n1)sc1c[c-]c(C3[N-]c4ccccc4N3c3c(C(C)C)cc4ccccc4c3C(C)C)cc12.[2H]C([2H])([2H])c1cc(-c2[c-]cc(F)c(-c3ccccc3)c2)nc[c]1[Ge]([CH3])([CH3])[CH3].[Ir+3]. The average molecular weight is 1160 g/mol. The molecule has 0 amide bonds. The van der Waals surface area contributed by atoms with Gasteiger partial charge < -0.3 is 10.2 Å². The number of pyridine rings is 2. The maximum absolute atomic E-state index is 14.3. The predicted molar refractivity (Wildman–Crippen MR) is 287 cm³/mol. The number of anilines is 2. The van der Waals surface area contributed by atoms with Crippen LogP contribution in [-0.4, -0.2) is 23.2 Å². The van der Waals surface area contributed by atoms with Gasteiger partial charge in [-0.15, -0.1) is 11.1 Å². The molecule has 1 aliphatic rings. The van der Waals surface area contributed by atoms with Crippen LogP contribution in [0.1, 0.15) is 110 Å². The number of halogens is 1. The zero-order valence-corrected chi connectivity index (χ0v) is 45.6. The maximum atomic E-state index is 14.3. The molecule has 1 unspecified atom stereocenters. The van der Waals surface area contributed by atoms with E-state index in [4.69, 9.17) is 14.4 Å². The molecule has 0 saturated carbocycles. The summed E-state index contributed by atoms with van der Waals surface area (Å²) in [7, 11) is 0. The molecule has 4 nitrogen and oxygen atoms in total. The standard InChI is InChI=1S/C39H39N3S.C21H21FGeN.Ir/c1-7-25(8-2)32-19-18-29-31-22-27(17-20-35(31)43-39(29)41-32)38-40-33-15-11-12-16-34(33)42(38)37-30(23(3)4)21-26-13-9-10-14-28(26)36(37)24(5)6;1-15-12-21(24-14-20(15)23(2,3)4)17-10-11-19(22)18(13-17)16-8-6-5-7-9-16;/h9-16,18-25,38H,7-8H2,1-6H3;5-9,11-14H,1-4H3;/q-2;-1;+3/i;1D3;. The molecule has 9 aromatic rings. The van der Waals surface area contributed by atoms with E-state index >= 15 is 0 Å². The normalized spacial score (nSPS) is 14.4. The first kappa shape index (κ1) is 45.3. The number of aryl methyl sites for hydroxylation is 1. The summed E-state index contributed by atoms with van der Waals surface area (Å²) >= 11 is -0.633. The monoisotopic (exact) mass is 1160 g/mol. The molecule has 0 saturated heterocycles. The number of hydrogen-bond donors (Lipinski definition) is 0. The number of fused-ring (bicyclic) bond motifs is 5. The van der Waals surface area contributed by atoms with Crippen molar-refractivity contribution >= 4 is 77.1 Å². The van der Waals surface area contributed by atoms with Crippen molar-refractivity contribution in [3.8, 4) is 22.4 Å². The van der Waals surface area contributed by atoms with Gasteiger partial charge in [0.1, 0.15) is 4.83 Å². The molecule has 346 valence electrons. The van der Waals surface area contributed by atoms with E-state index in [1.807, 2.05) is 30.3 Å². The minimum atomic E-state index is -2.41. The second-order valence-corrected chi connectivity index (χ2v) is 30.9. The minimum Gasteiger partial charge on any atom is 3.00 e. The molecule has 3 aromatic heterocycles. The number of aromatic nitrogens is 2. The van der Waals surface area contributed by atoms with Gasteiger partial charge in [-0.2, -0.15) is 35.1 Å². The van der Waals surface area contributed by atoms with Crippen molar-refractivity contribution < 1.29 is 28.6 Å².